The summed E-state index contributed by atoms with van der Waals surface area (Å²) in [7, 11) is 0. The Morgan fingerprint density at radius 1 is 1.22 bits per heavy atom. The van der Waals surface area contributed by atoms with E-state index in [4.69, 9.17) is 4.42 Å². The van der Waals surface area contributed by atoms with Gasteiger partial charge in [-0.1, -0.05) is 28.1 Å². The van der Waals surface area contributed by atoms with Crippen molar-refractivity contribution >= 4 is 28.1 Å². The van der Waals surface area contributed by atoms with Crippen molar-refractivity contribution < 1.29 is 9.21 Å². The highest BCUT2D eigenvalue weighted by atomic mass is 79.9. The zero-order valence-corrected chi connectivity index (χ0v) is 13.5. The van der Waals surface area contributed by atoms with Crippen LogP contribution in [0.3, 0.4) is 0 Å². The highest BCUT2D eigenvalue weighted by Gasteiger charge is 2.05. The molecule has 5 nitrogen and oxygen atoms in total. The second-order valence-corrected chi connectivity index (χ2v) is 5.57. The molecule has 2 heterocycles. The highest BCUT2D eigenvalue weighted by Crippen LogP contribution is 2.24. The van der Waals surface area contributed by atoms with Crippen LogP contribution in [0.15, 0.2) is 74.9 Å². The fourth-order valence-corrected chi connectivity index (χ4v) is 2.33. The van der Waals surface area contributed by atoms with E-state index in [1.165, 1.54) is 12.4 Å². The van der Waals surface area contributed by atoms with E-state index >= 15 is 0 Å². The van der Waals surface area contributed by atoms with Crippen LogP contribution in [0.2, 0.25) is 0 Å². The van der Waals surface area contributed by atoms with Gasteiger partial charge in [-0.15, -0.1) is 0 Å². The molecule has 0 aliphatic heterocycles. The minimum Gasteiger partial charge on any atom is -0.455 e. The topological polar surface area (TPSA) is 67.5 Å². The van der Waals surface area contributed by atoms with E-state index in [1.54, 1.807) is 24.4 Å². The van der Waals surface area contributed by atoms with Crippen molar-refractivity contribution in [3.63, 3.8) is 0 Å². The molecule has 0 aliphatic carbocycles. The number of nitrogens with zero attached hydrogens (tertiary/aromatic N) is 2. The maximum absolute atomic E-state index is 11.8. The molecule has 6 heteroatoms. The van der Waals surface area contributed by atoms with E-state index in [2.05, 4.69) is 31.4 Å². The maximum Gasteiger partial charge on any atom is 0.272 e. The van der Waals surface area contributed by atoms with Crippen molar-refractivity contribution in [1.82, 2.24) is 10.4 Å². The van der Waals surface area contributed by atoms with E-state index in [0.29, 0.717) is 11.3 Å². The van der Waals surface area contributed by atoms with Crippen LogP contribution in [-0.4, -0.2) is 17.1 Å². The normalized spacial score (nSPS) is 10.8. The molecular weight excluding hydrogens is 358 g/mol. The molecular formula is C17H12BrN3O2. The molecule has 23 heavy (non-hydrogen) atoms. The van der Waals surface area contributed by atoms with E-state index in [1.807, 2.05) is 30.3 Å². The summed E-state index contributed by atoms with van der Waals surface area (Å²) in [6, 6.07) is 14.8. The molecule has 1 N–H and O–H groups in total. The smallest absolute Gasteiger partial charge is 0.272 e. The van der Waals surface area contributed by atoms with Crippen molar-refractivity contribution in [1.29, 1.82) is 0 Å². The van der Waals surface area contributed by atoms with Crippen molar-refractivity contribution in [3.05, 3.63) is 76.7 Å². The number of hydrazone groups is 1. The summed E-state index contributed by atoms with van der Waals surface area (Å²) in [4.78, 5) is 15.7. The summed E-state index contributed by atoms with van der Waals surface area (Å²) in [5.41, 5.74) is 3.83. The Hall–Kier alpha value is -2.73. The van der Waals surface area contributed by atoms with Crippen LogP contribution >= 0.6 is 15.9 Å². The van der Waals surface area contributed by atoms with E-state index < -0.39 is 0 Å². The van der Waals surface area contributed by atoms with Crippen molar-refractivity contribution in [2.45, 2.75) is 0 Å². The van der Waals surface area contributed by atoms with Crippen molar-refractivity contribution in [2.75, 3.05) is 0 Å². The van der Waals surface area contributed by atoms with Gasteiger partial charge in [-0.25, -0.2) is 5.43 Å². The molecule has 0 fully saturated rings. The van der Waals surface area contributed by atoms with Crippen LogP contribution in [0.4, 0.5) is 0 Å². The number of halogens is 1. The number of rotatable bonds is 4. The van der Waals surface area contributed by atoms with Crippen molar-refractivity contribution in [3.8, 4) is 11.3 Å². The summed E-state index contributed by atoms with van der Waals surface area (Å²) < 4.78 is 6.66. The number of pyridine rings is 1. The SMILES string of the molecule is O=C(N/N=C\c1ccc(-c2cccc(Br)c2)o1)c1cccnc1. The third kappa shape index (κ3) is 3.92. The average molecular weight is 370 g/mol. The molecule has 0 radical (unpaired) electrons. The Morgan fingerprint density at radius 2 is 2.13 bits per heavy atom. The number of aromatic nitrogens is 1. The Morgan fingerprint density at radius 3 is 2.91 bits per heavy atom. The predicted molar refractivity (Wildman–Crippen MR) is 91.1 cm³/mol. The maximum atomic E-state index is 11.8. The summed E-state index contributed by atoms with van der Waals surface area (Å²) in [6.07, 6.45) is 4.53. The third-order valence-electron chi connectivity index (χ3n) is 3.02. The molecule has 0 atom stereocenters. The molecule has 114 valence electrons. The molecule has 3 aromatic rings. The summed E-state index contributed by atoms with van der Waals surface area (Å²) in [5.74, 6) is 0.950. The van der Waals surface area contributed by atoms with E-state index in [0.717, 1.165) is 15.8 Å². The van der Waals surface area contributed by atoms with Crippen molar-refractivity contribution in [2.24, 2.45) is 5.10 Å². The van der Waals surface area contributed by atoms with Gasteiger partial charge in [-0.3, -0.25) is 9.78 Å². The van der Waals surface area contributed by atoms with Gasteiger partial charge in [0.2, 0.25) is 0 Å². The van der Waals surface area contributed by atoms with E-state index in [-0.39, 0.29) is 5.91 Å². The number of carbonyl (C=O) groups is 1. The van der Waals surface area contributed by atoms with Gasteiger partial charge >= 0.3 is 0 Å². The van der Waals surface area contributed by atoms with Gasteiger partial charge in [-0.2, -0.15) is 5.10 Å². The van der Waals surface area contributed by atoms with Gasteiger partial charge in [0.25, 0.3) is 5.91 Å². The Kier molecular flexibility index (Phi) is 4.63. The van der Waals surface area contributed by atoms with Crippen LogP contribution in [0, 0.1) is 0 Å². The fourth-order valence-electron chi connectivity index (χ4n) is 1.94. The number of hydrogen-bond acceptors (Lipinski definition) is 4. The van der Waals surface area contributed by atoms with Gasteiger partial charge in [0.1, 0.15) is 11.5 Å². The molecule has 0 saturated carbocycles. The largest absolute Gasteiger partial charge is 0.455 e. The quantitative estimate of drug-likeness (QED) is 0.560. The van der Waals surface area contributed by atoms with Crippen LogP contribution in [0.5, 0.6) is 0 Å². The minimum atomic E-state index is -0.326. The summed E-state index contributed by atoms with van der Waals surface area (Å²) in [5, 5.41) is 3.89. The van der Waals surface area contributed by atoms with Crippen LogP contribution in [0.1, 0.15) is 16.1 Å². The van der Waals surface area contributed by atoms with Crippen LogP contribution in [0.25, 0.3) is 11.3 Å². The monoisotopic (exact) mass is 369 g/mol. The first-order valence-corrected chi connectivity index (χ1v) is 7.61. The Labute approximate surface area is 141 Å². The lowest BCUT2D eigenvalue weighted by atomic mass is 10.2. The lowest BCUT2D eigenvalue weighted by Crippen LogP contribution is -2.17. The number of amides is 1. The number of hydrogen-bond donors (Lipinski definition) is 1. The first-order chi connectivity index (χ1) is 11.2. The van der Waals surface area contributed by atoms with Gasteiger partial charge in [0.15, 0.2) is 0 Å². The first kappa shape index (κ1) is 15.2. The van der Waals surface area contributed by atoms with E-state index in [9.17, 15) is 4.79 Å². The molecule has 1 amide bonds. The zero-order valence-electron chi connectivity index (χ0n) is 11.9. The second-order valence-electron chi connectivity index (χ2n) is 4.65. The molecule has 0 aliphatic rings. The molecule has 0 bridgehead atoms. The third-order valence-corrected chi connectivity index (χ3v) is 3.51. The number of benzene rings is 1. The second kappa shape index (κ2) is 7.02. The molecule has 3 rings (SSSR count). The molecule has 0 spiro atoms. The summed E-state index contributed by atoms with van der Waals surface area (Å²) >= 11 is 3.43. The molecule has 0 saturated heterocycles. The van der Waals surface area contributed by atoms with Gasteiger partial charge in [0.05, 0.1) is 11.8 Å². The highest BCUT2D eigenvalue weighted by molar-refractivity contribution is 9.10. The zero-order chi connectivity index (χ0) is 16.1. The van der Waals surface area contributed by atoms with Gasteiger partial charge in [-0.05, 0) is 36.4 Å². The molecule has 1 aromatic carbocycles. The van der Waals surface area contributed by atoms with Crippen LogP contribution in [-0.2, 0) is 0 Å². The standard InChI is InChI=1S/C17H12BrN3O2/c18-14-5-1-3-12(9-14)16-7-6-15(23-16)11-20-21-17(22)13-4-2-8-19-10-13/h1-11H,(H,21,22)/b20-11-. The number of nitrogens with one attached hydrogen (secondary N) is 1. The first-order valence-electron chi connectivity index (χ1n) is 6.81. The number of furan rings is 1. The minimum absolute atomic E-state index is 0.326. The van der Waals surface area contributed by atoms with Crippen LogP contribution < -0.4 is 5.43 Å². The Balaban J connectivity index is 1.66. The average Bonchev–Trinajstić information content (AvgIpc) is 3.04. The molecule has 2 aromatic heterocycles. The fraction of sp³-hybridized carbons (Fsp3) is 0. The van der Waals surface area contributed by atoms with Gasteiger partial charge < -0.3 is 4.42 Å². The lowest BCUT2D eigenvalue weighted by Gasteiger charge is -1.98. The molecule has 0 unspecified atom stereocenters. The lowest BCUT2D eigenvalue weighted by molar-refractivity contribution is 0.0955. The number of carbonyl (C=O) groups excluding carboxylic acids is 1. The summed E-state index contributed by atoms with van der Waals surface area (Å²) in [6.45, 7) is 0. The predicted octanol–water partition coefficient (Wildman–Crippen LogP) is 3.87. The van der Waals surface area contributed by atoms with Gasteiger partial charge in [0, 0.05) is 22.4 Å². The Bertz CT molecular complexity index is 844.